The quantitative estimate of drug-likeness (QED) is 0.909. The number of thiophene rings is 1. The van der Waals surface area contributed by atoms with E-state index in [1.807, 2.05) is 6.92 Å². The van der Waals surface area contributed by atoms with Crippen LogP contribution < -0.4 is 5.73 Å². The summed E-state index contributed by atoms with van der Waals surface area (Å²) in [5.41, 5.74) is 5.33. The molecule has 4 nitrogen and oxygen atoms in total. The largest absolute Gasteiger partial charge is 0.368 e. The van der Waals surface area contributed by atoms with E-state index in [4.69, 9.17) is 5.73 Å². The van der Waals surface area contributed by atoms with Gasteiger partial charge in [-0.25, -0.2) is 0 Å². The van der Waals surface area contributed by atoms with Crippen LogP contribution in [0.1, 0.15) is 11.8 Å². The second-order valence-electron chi connectivity index (χ2n) is 4.60. The van der Waals surface area contributed by atoms with E-state index < -0.39 is 0 Å². The maximum Gasteiger partial charge on any atom is 0.234 e. The van der Waals surface area contributed by atoms with Gasteiger partial charge < -0.3 is 5.73 Å². The van der Waals surface area contributed by atoms with Crippen LogP contribution in [0, 0.1) is 0 Å². The molecule has 0 saturated carbocycles. The van der Waals surface area contributed by atoms with Crippen molar-refractivity contribution in [2.75, 3.05) is 26.2 Å². The summed E-state index contributed by atoms with van der Waals surface area (Å²) in [5, 5.41) is 0. The molecule has 100 valence electrons. The summed E-state index contributed by atoms with van der Waals surface area (Å²) >= 11 is 5.26. The monoisotopic (exact) mass is 331 g/mol. The maximum absolute atomic E-state index is 11.1. The van der Waals surface area contributed by atoms with Gasteiger partial charge in [-0.2, -0.15) is 0 Å². The van der Waals surface area contributed by atoms with Crippen molar-refractivity contribution in [2.45, 2.75) is 19.5 Å². The van der Waals surface area contributed by atoms with E-state index in [-0.39, 0.29) is 11.9 Å². The Labute approximate surface area is 120 Å². The molecule has 0 unspecified atom stereocenters. The molecule has 2 heterocycles. The second kappa shape index (κ2) is 6.14. The summed E-state index contributed by atoms with van der Waals surface area (Å²) in [6, 6.07) is 4.10. The van der Waals surface area contributed by atoms with Gasteiger partial charge in [0.2, 0.25) is 5.91 Å². The zero-order valence-corrected chi connectivity index (χ0v) is 12.8. The molecule has 18 heavy (non-hydrogen) atoms. The van der Waals surface area contributed by atoms with Crippen molar-refractivity contribution in [2.24, 2.45) is 5.73 Å². The van der Waals surface area contributed by atoms with E-state index in [1.165, 1.54) is 8.66 Å². The Balaban J connectivity index is 1.81. The molecule has 0 aliphatic carbocycles. The SMILES string of the molecule is C[C@@H](C(N)=O)N1CCN(Cc2ccc(Br)s2)CC1. The fourth-order valence-corrected chi connectivity index (χ4v) is 3.67. The number of rotatable bonds is 4. The highest BCUT2D eigenvalue weighted by molar-refractivity contribution is 9.11. The highest BCUT2D eigenvalue weighted by Crippen LogP contribution is 2.23. The van der Waals surface area contributed by atoms with Crippen LogP contribution in [0.4, 0.5) is 0 Å². The Morgan fingerprint density at radius 1 is 1.44 bits per heavy atom. The van der Waals surface area contributed by atoms with E-state index in [1.54, 1.807) is 11.3 Å². The number of nitrogens with two attached hydrogens (primary N) is 1. The lowest BCUT2D eigenvalue weighted by Crippen LogP contribution is -2.52. The topological polar surface area (TPSA) is 49.6 Å². The molecule has 1 aromatic rings. The molecule has 1 fully saturated rings. The first kappa shape index (κ1) is 14.0. The van der Waals surface area contributed by atoms with Crippen LogP contribution >= 0.6 is 27.3 Å². The molecule has 0 spiro atoms. The van der Waals surface area contributed by atoms with Gasteiger partial charge in [0.05, 0.1) is 9.83 Å². The molecule has 0 bridgehead atoms. The van der Waals surface area contributed by atoms with Crippen molar-refractivity contribution in [1.29, 1.82) is 0 Å². The summed E-state index contributed by atoms with van der Waals surface area (Å²) in [6.07, 6.45) is 0. The molecule has 1 amide bonds. The van der Waals surface area contributed by atoms with Crippen LogP contribution in [0.15, 0.2) is 15.9 Å². The maximum atomic E-state index is 11.1. The smallest absolute Gasteiger partial charge is 0.234 e. The number of nitrogens with zero attached hydrogens (tertiary/aromatic N) is 2. The van der Waals surface area contributed by atoms with E-state index >= 15 is 0 Å². The van der Waals surface area contributed by atoms with Crippen LogP contribution in [-0.4, -0.2) is 47.9 Å². The highest BCUT2D eigenvalue weighted by atomic mass is 79.9. The van der Waals surface area contributed by atoms with E-state index in [9.17, 15) is 4.79 Å². The Morgan fingerprint density at radius 2 is 2.11 bits per heavy atom. The number of carbonyl (C=O) groups is 1. The zero-order chi connectivity index (χ0) is 13.1. The lowest BCUT2D eigenvalue weighted by Gasteiger charge is -2.36. The van der Waals surface area contributed by atoms with Crippen molar-refractivity contribution >= 4 is 33.2 Å². The lowest BCUT2D eigenvalue weighted by molar-refractivity contribution is -0.123. The highest BCUT2D eigenvalue weighted by Gasteiger charge is 2.24. The van der Waals surface area contributed by atoms with E-state index in [2.05, 4.69) is 37.9 Å². The second-order valence-corrected chi connectivity index (χ2v) is 7.14. The van der Waals surface area contributed by atoms with Crippen LogP contribution in [0.2, 0.25) is 0 Å². The number of hydrogen-bond acceptors (Lipinski definition) is 4. The minimum Gasteiger partial charge on any atom is -0.368 e. The van der Waals surface area contributed by atoms with Crippen LogP contribution in [-0.2, 0) is 11.3 Å². The van der Waals surface area contributed by atoms with Crippen LogP contribution in [0.25, 0.3) is 0 Å². The summed E-state index contributed by atoms with van der Waals surface area (Å²) in [4.78, 5) is 17.1. The van der Waals surface area contributed by atoms with Crippen LogP contribution in [0.5, 0.6) is 0 Å². The van der Waals surface area contributed by atoms with Crippen molar-refractivity contribution in [3.05, 3.63) is 20.8 Å². The van der Waals surface area contributed by atoms with Gasteiger partial charge in [0.15, 0.2) is 0 Å². The summed E-state index contributed by atoms with van der Waals surface area (Å²) in [6.45, 7) is 6.69. The molecule has 6 heteroatoms. The Bertz CT molecular complexity index is 415. The van der Waals surface area contributed by atoms with Crippen molar-refractivity contribution in [1.82, 2.24) is 9.80 Å². The molecule has 1 atom stereocenters. The standard InChI is InChI=1S/C12H18BrN3OS/c1-9(12(14)17)16-6-4-15(5-7-16)8-10-2-3-11(13)18-10/h2-3,9H,4-8H2,1H3,(H2,14,17)/t9-/m0/s1. The third-order valence-electron chi connectivity index (χ3n) is 3.37. The number of amides is 1. The number of primary amides is 1. The molecule has 1 saturated heterocycles. The first-order valence-electron chi connectivity index (χ1n) is 6.06. The molecule has 1 aliphatic rings. The number of hydrogen-bond donors (Lipinski definition) is 1. The third-order valence-corrected chi connectivity index (χ3v) is 4.98. The summed E-state index contributed by atoms with van der Waals surface area (Å²) in [7, 11) is 0. The van der Waals surface area contributed by atoms with Gasteiger partial charge in [0.1, 0.15) is 0 Å². The summed E-state index contributed by atoms with van der Waals surface area (Å²) < 4.78 is 1.18. The number of halogens is 1. The van der Waals surface area contributed by atoms with Gasteiger partial charge in [-0.05, 0) is 35.0 Å². The lowest BCUT2D eigenvalue weighted by atomic mass is 10.2. The van der Waals surface area contributed by atoms with Gasteiger partial charge in [-0.3, -0.25) is 14.6 Å². The third kappa shape index (κ3) is 3.54. The van der Waals surface area contributed by atoms with E-state index in [0.29, 0.717) is 0 Å². The predicted octanol–water partition coefficient (Wildman–Crippen LogP) is 1.50. The predicted molar refractivity (Wildman–Crippen MR) is 77.5 cm³/mol. The van der Waals surface area contributed by atoms with Gasteiger partial charge >= 0.3 is 0 Å². The Hall–Kier alpha value is -0.430. The van der Waals surface area contributed by atoms with Gasteiger partial charge in [0.25, 0.3) is 0 Å². The average molecular weight is 332 g/mol. The summed E-state index contributed by atoms with van der Waals surface area (Å²) in [5.74, 6) is -0.231. The van der Waals surface area contributed by atoms with Gasteiger partial charge in [0, 0.05) is 37.6 Å². The minimum absolute atomic E-state index is 0.150. The van der Waals surface area contributed by atoms with Crippen LogP contribution in [0.3, 0.4) is 0 Å². The van der Waals surface area contributed by atoms with Crippen molar-refractivity contribution in [3.63, 3.8) is 0 Å². The Kier molecular flexibility index (Phi) is 4.77. The van der Waals surface area contributed by atoms with E-state index in [0.717, 1.165) is 32.7 Å². The van der Waals surface area contributed by atoms with Gasteiger partial charge in [-0.1, -0.05) is 0 Å². The molecular formula is C12H18BrN3OS. The molecule has 1 aliphatic heterocycles. The minimum atomic E-state index is -0.231. The molecule has 1 aromatic heterocycles. The first-order valence-corrected chi connectivity index (χ1v) is 7.67. The molecular weight excluding hydrogens is 314 g/mol. The zero-order valence-electron chi connectivity index (χ0n) is 10.4. The molecule has 0 aromatic carbocycles. The van der Waals surface area contributed by atoms with Crippen molar-refractivity contribution in [3.8, 4) is 0 Å². The fourth-order valence-electron chi connectivity index (χ4n) is 2.15. The normalized spacial score (nSPS) is 19.9. The molecule has 0 radical (unpaired) electrons. The molecule has 2 rings (SSSR count). The molecule has 2 N–H and O–H groups in total. The average Bonchev–Trinajstić information content (AvgIpc) is 2.75. The number of piperazine rings is 1. The fraction of sp³-hybridized carbons (Fsp3) is 0.583. The number of carbonyl (C=O) groups excluding carboxylic acids is 1. The van der Waals surface area contributed by atoms with Crippen molar-refractivity contribution < 1.29 is 4.79 Å². The Morgan fingerprint density at radius 3 is 2.61 bits per heavy atom. The van der Waals surface area contributed by atoms with Gasteiger partial charge in [-0.15, -0.1) is 11.3 Å². The first-order chi connectivity index (χ1) is 8.56.